The van der Waals surface area contributed by atoms with Crippen LogP contribution in [-0.4, -0.2) is 16.1 Å². The van der Waals surface area contributed by atoms with Gasteiger partial charge in [0, 0.05) is 6.07 Å². The van der Waals surface area contributed by atoms with Gasteiger partial charge in [-0.3, -0.25) is 0 Å². The van der Waals surface area contributed by atoms with Crippen LogP contribution < -0.4 is 0 Å². The average molecular weight is 301 g/mol. The Labute approximate surface area is 122 Å². The predicted octanol–water partition coefficient (Wildman–Crippen LogP) is 4.48. The van der Waals surface area contributed by atoms with E-state index in [1.165, 1.54) is 0 Å². The quantitative estimate of drug-likeness (QED) is 0.391. The van der Waals surface area contributed by atoms with Gasteiger partial charge in [-0.15, -0.1) is 0 Å². The first-order valence-electron chi connectivity index (χ1n) is 6.96. The molecule has 1 aromatic rings. The molecule has 5 heteroatoms. The summed E-state index contributed by atoms with van der Waals surface area (Å²) in [6.07, 6.45) is 4.55. The van der Waals surface area contributed by atoms with E-state index in [4.69, 9.17) is 4.43 Å². The van der Waals surface area contributed by atoms with Gasteiger partial charge in [0.05, 0.1) is 5.60 Å². The Morgan fingerprint density at radius 2 is 1.60 bits per heavy atom. The maximum Gasteiger partial charge on any atom is 0.247 e. The highest BCUT2D eigenvalue weighted by Gasteiger charge is 2.24. The molecule has 0 unspecified atom stereocenters. The first kappa shape index (κ1) is 17.2. The molecular weight excluding hydrogens is 281 g/mol. The lowest BCUT2D eigenvalue weighted by atomic mass is 9.90. The third-order valence-electron chi connectivity index (χ3n) is 3.92. The summed E-state index contributed by atoms with van der Waals surface area (Å²) in [5.41, 5.74) is 0.0190. The highest BCUT2D eigenvalue weighted by atomic mass is 28.2. The monoisotopic (exact) mass is 301 g/mol. The fourth-order valence-corrected chi connectivity index (χ4v) is 2.71. The normalized spacial score (nSPS) is 11.9. The molecule has 111 valence electrons. The number of halogens is 3. The number of aryl methyl sites for hydroxylation is 1. The Morgan fingerprint density at radius 1 is 1.00 bits per heavy atom. The molecule has 1 nitrogen and oxygen atoms in total. The van der Waals surface area contributed by atoms with Gasteiger partial charge in [-0.25, -0.2) is 13.2 Å². The van der Waals surface area contributed by atoms with Crippen LogP contribution in [0.5, 0.6) is 0 Å². The summed E-state index contributed by atoms with van der Waals surface area (Å²) in [6, 6.07) is 1.55. The van der Waals surface area contributed by atoms with E-state index in [9.17, 15) is 13.2 Å². The molecule has 0 aromatic heterocycles. The van der Waals surface area contributed by atoms with Gasteiger partial charge in [-0.1, -0.05) is 20.3 Å². The minimum Gasteiger partial charge on any atom is -0.413 e. The summed E-state index contributed by atoms with van der Waals surface area (Å²) in [5, 5.41) is 0. The van der Waals surface area contributed by atoms with Crippen molar-refractivity contribution in [3.63, 3.8) is 0 Å². The maximum atomic E-state index is 13.5. The Kier molecular flexibility index (Phi) is 6.75. The molecule has 1 aromatic carbocycles. The number of unbranched alkanes of at least 4 members (excludes halogenated alkanes) is 1. The van der Waals surface area contributed by atoms with Crippen molar-refractivity contribution in [2.45, 2.75) is 58.0 Å². The summed E-state index contributed by atoms with van der Waals surface area (Å²) in [6.45, 7) is 4.11. The Bertz CT molecular complexity index is 425. The van der Waals surface area contributed by atoms with Crippen molar-refractivity contribution < 1.29 is 17.6 Å². The summed E-state index contributed by atoms with van der Waals surface area (Å²) in [7, 11) is 3.12. The summed E-state index contributed by atoms with van der Waals surface area (Å²) in [5.74, 6) is -2.83. The van der Waals surface area contributed by atoms with Gasteiger partial charge in [0.1, 0.15) is 5.82 Å². The molecule has 0 amide bonds. The van der Waals surface area contributed by atoms with E-state index in [0.29, 0.717) is 18.9 Å². The van der Waals surface area contributed by atoms with Gasteiger partial charge < -0.3 is 4.43 Å². The average Bonchev–Trinajstić information content (AvgIpc) is 2.45. The third-order valence-corrected chi connectivity index (χ3v) is 4.36. The smallest absolute Gasteiger partial charge is 0.247 e. The van der Waals surface area contributed by atoms with Crippen LogP contribution in [0.1, 0.15) is 51.5 Å². The van der Waals surface area contributed by atoms with Crippen LogP contribution in [0.25, 0.3) is 0 Å². The Balaban J connectivity index is 2.51. The van der Waals surface area contributed by atoms with Crippen molar-refractivity contribution in [2.75, 3.05) is 0 Å². The second kappa shape index (κ2) is 7.83. The van der Waals surface area contributed by atoms with Crippen molar-refractivity contribution in [3.05, 3.63) is 35.1 Å². The molecular formula is C15H20F3OSi. The molecule has 0 atom stereocenters. The molecule has 0 aliphatic rings. The molecule has 0 heterocycles. The van der Waals surface area contributed by atoms with E-state index in [0.717, 1.165) is 31.7 Å². The molecule has 0 spiro atoms. The maximum absolute atomic E-state index is 13.5. The zero-order chi connectivity index (χ0) is 15.2. The van der Waals surface area contributed by atoms with Crippen molar-refractivity contribution in [3.8, 4) is 0 Å². The molecule has 0 saturated heterocycles. The second-order valence-electron chi connectivity index (χ2n) is 5.06. The standard InChI is InChI=1S/C15H20F3OSi/c1-3-15(4-2,19-20)8-6-5-7-11-9-13(17)14(18)10-12(11)16/h9-10H,3-8H2,1-2H3. The predicted molar refractivity (Wildman–Crippen MR) is 74.0 cm³/mol. The van der Waals surface area contributed by atoms with Crippen LogP contribution in [0.4, 0.5) is 13.2 Å². The van der Waals surface area contributed by atoms with Gasteiger partial charge in [0.25, 0.3) is 0 Å². The van der Waals surface area contributed by atoms with Crippen LogP contribution in [0, 0.1) is 17.5 Å². The topological polar surface area (TPSA) is 9.23 Å². The van der Waals surface area contributed by atoms with Crippen LogP contribution in [0.2, 0.25) is 0 Å². The lowest BCUT2D eigenvalue weighted by Gasteiger charge is -2.30. The van der Waals surface area contributed by atoms with E-state index in [1.807, 2.05) is 0 Å². The Hall–Kier alpha value is -0.813. The molecule has 20 heavy (non-hydrogen) atoms. The first-order chi connectivity index (χ1) is 9.48. The second-order valence-corrected chi connectivity index (χ2v) is 5.26. The van der Waals surface area contributed by atoms with Crippen LogP contribution in [-0.2, 0) is 10.8 Å². The van der Waals surface area contributed by atoms with Gasteiger partial charge in [-0.05, 0) is 43.7 Å². The largest absolute Gasteiger partial charge is 0.413 e. The highest BCUT2D eigenvalue weighted by Crippen LogP contribution is 2.26. The van der Waals surface area contributed by atoms with Gasteiger partial charge in [0.15, 0.2) is 11.6 Å². The number of rotatable bonds is 8. The fourth-order valence-electron chi connectivity index (χ4n) is 2.32. The summed E-state index contributed by atoms with van der Waals surface area (Å²) >= 11 is 0. The van der Waals surface area contributed by atoms with Crippen molar-refractivity contribution in [2.24, 2.45) is 0 Å². The Morgan fingerprint density at radius 3 is 2.15 bits per heavy atom. The third kappa shape index (κ3) is 4.35. The van der Waals surface area contributed by atoms with Gasteiger partial charge in [-0.2, -0.15) is 0 Å². The molecule has 3 radical (unpaired) electrons. The minimum atomic E-state index is -1.14. The van der Waals surface area contributed by atoms with E-state index in [-0.39, 0.29) is 11.2 Å². The van der Waals surface area contributed by atoms with E-state index in [1.54, 1.807) is 0 Å². The lowest BCUT2D eigenvalue weighted by Crippen LogP contribution is -2.30. The number of hydrogen-bond acceptors (Lipinski definition) is 1. The van der Waals surface area contributed by atoms with Crippen LogP contribution >= 0.6 is 0 Å². The SMILES string of the molecule is CCC(CC)(CCCCc1cc(F)c(F)cc1F)O[Si]. The van der Waals surface area contributed by atoms with Gasteiger partial charge >= 0.3 is 0 Å². The van der Waals surface area contributed by atoms with Crippen LogP contribution in [0.3, 0.4) is 0 Å². The molecule has 0 saturated carbocycles. The fraction of sp³-hybridized carbons (Fsp3) is 0.600. The van der Waals surface area contributed by atoms with E-state index < -0.39 is 17.5 Å². The zero-order valence-electron chi connectivity index (χ0n) is 11.9. The molecule has 0 fully saturated rings. The van der Waals surface area contributed by atoms with Crippen molar-refractivity contribution in [1.29, 1.82) is 0 Å². The zero-order valence-corrected chi connectivity index (χ0v) is 12.9. The van der Waals surface area contributed by atoms with Gasteiger partial charge in [0.2, 0.25) is 10.5 Å². The highest BCUT2D eigenvalue weighted by molar-refractivity contribution is 5.98. The molecule has 0 aliphatic carbocycles. The number of benzene rings is 1. The lowest BCUT2D eigenvalue weighted by molar-refractivity contribution is 0.0585. The molecule has 0 N–H and O–H groups in total. The molecule has 0 aliphatic heterocycles. The minimum absolute atomic E-state index is 0.205. The number of hydrogen-bond donors (Lipinski definition) is 0. The van der Waals surface area contributed by atoms with E-state index >= 15 is 0 Å². The summed E-state index contributed by atoms with van der Waals surface area (Å²) < 4.78 is 44.7. The molecule has 1 rings (SSSR count). The first-order valence-corrected chi connectivity index (χ1v) is 7.37. The van der Waals surface area contributed by atoms with Crippen LogP contribution in [0.15, 0.2) is 12.1 Å². The summed E-state index contributed by atoms with van der Waals surface area (Å²) in [4.78, 5) is 0. The molecule has 0 bridgehead atoms. The van der Waals surface area contributed by atoms with Crippen molar-refractivity contribution in [1.82, 2.24) is 0 Å². The van der Waals surface area contributed by atoms with Crippen molar-refractivity contribution >= 4 is 10.5 Å². The van der Waals surface area contributed by atoms with E-state index in [2.05, 4.69) is 24.3 Å².